The Kier molecular flexibility index (Phi) is 4.99. The SMILES string of the molecule is O=C(NCCc1ccccc1)c1cccc2c1NC(c1c[nH]c3ccccc13)C1CC=CC21. The highest BCUT2D eigenvalue weighted by molar-refractivity contribution is 6.01. The summed E-state index contributed by atoms with van der Waals surface area (Å²) in [7, 11) is 0. The Hall–Kier alpha value is -3.79. The highest BCUT2D eigenvalue weighted by atomic mass is 16.1. The first-order chi connectivity index (χ1) is 16.3. The quantitative estimate of drug-likeness (QED) is 0.340. The summed E-state index contributed by atoms with van der Waals surface area (Å²) in [6.45, 7) is 0.615. The molecule has 0 fully saturated rings. The van der Waals surface area contributed by atoms with E-state index < -0.39 is 0 Å². The van der Waals surface area contributed by atoms with Crippen molar-refractivity contribution >= 4 is 22.5 Å². The van der Waals surface area contributed by atoms with Gasteiger partial charge in [-0.2, -0.15) is 0 Å². The molecule has 0 radical (unpaired) electrons. The maximum Gasteiger partial charge on any atom is 0.253 e. The lowest BCUT2D eigenvalue weighted by Crippen LogP contribution is -2.32. The van der Waals surface area contributed by atoms with Crippen LogP contribution >= 0.6 is 0 Å². The van der Waals surface area contributed by atoms with Crippen molar-refractivity contribution in [2.24, 2.45) is 5.92 Å². The fraction of sp³-hybridized carbons (Fsp3) is 0.207. The zero-order chi connectivity index (χ0) is 22.2. The number of hydrogen-bond acceptors (Lipinski definition) is 2. The van der Waals surface area contributed by atoms with Crippen molar-refractivity contribution in [3.8, 4) is 0 Å². The fourth-order valence-corrected chi connectivity index (χ4v) is 5.53. The van der Waals surface area contributed by atoms with Crippen LogP contribution in [-0.4, -0.2) is 17.4 Å². The predicted molar refractivity (Wildman–Crippen MR) is 134 cm³/mol. The molecule has 4 aromatic rings. The van der Waals surface area contributed by atoms with Gasteiger partial charge in [-0.3, -0.25) is 4.79 Å². The number of carbonyl (C=O) groups is 1. The van der Waals surface area contributed by atoms with Crippen LogP contribution in [0.2, 0.25) is 0 Å². The Bertz CT molecular complexity index is 1340. The summed E-state index contributed by atoms with van der Waals surface area (Å²) in [5.41, 5.74) is 6.57. The Morgan fingerprint density at radius 3 is 2.70 bits per heavy atom. The molecule has 0 spiro atoms. The van der Waals surface area contributed by atoms with Gasteiger partial charge in [-0.05, 0) is 47.6 Å². The Balaban J connectivity index is 1.31. The standard InChI is InChI=1S/C29H27N3O/c33-29(30-17-16-19-8-2-1-3-9-19)24-14-7-13-22-20-11-6-12-23(20)28(32-27(22)24)25-18-31-26-15-5-4-10-21(25)26/h1-11,13-15,18,20,23,28,31-32H,12,16-17H2,(H,30,33). The lowest BCUT2D eigenvalue weighted by molar-refractivity contribution is 0.0954. The number of rotatable bonds is 5. The molecule has 1 aliphatic carbocycles. The van der Waals surface area contributed by atoms with Crippen molar-refractivity contribution in [3.05, 3.63) is 113 Å². The average molecular weight is 434 g/mol. The lowest BCUT2D eigenvalue weighted by atomic mass is 9.76. The summed E-state index contributed by atoms with van der Waals surface area (Å²) in [5, 5.41) is 8.18. The minimum Gasteiger partial charge on any atom is -0.377 e. The molecule has 1 amide bonds. The van der Waals surface area contributed by atoms with Crippen LogP contribution in [0.3, 0.4) is 0 Å². The molecule has 4 nitrogen and oxygen atoms in total. The summed E-state index contributed by atoms with van der Waals surface area (Å²) in [5.74, 6) is 0.735. The van der Waals surface area contributed by atoms with E-state index in [2.05, 4.69) is 76.4 Å². The average Bonchev–Trinajstić information content (AvgIpc) is 3.52. The van der Waals surface area contributed by atoms with Crippen LogP contribution in [-0.2, 0) is 6.42 Å². The summed E-state index contributed by atoms with van der Waals surface area (Å²) in [4.78, 5) is 16.7. The molecule has 1 aliphatic heterocycles. The molecule has 164 valence electrons. The normalized spacial score (nSPS) is 20.8. The molecule has 0 saturated heterocycles. The van der Waals surface area contributed by atoms with Gasteiger partial charge < -0.3 is 15.6 Å². The van der Waals surface area contributed by atoms with Gasteiger partial charge in [-0.1, -0.05) is 72.8 Å². The van der Waals surface area contributed by atoms with Gasteiger partial charge in [-0.25, -0.2) is 0 Å². The summed E-state index contributed by atoms with van der Waals surface area (Å²) in [6, 6.07) is 25.0. The van der Waals surface area contributed by atoms with Crippen molar-refractivity contribution in [2.75, 3.05) is 11.9 Å². The van der Waals surface area contributed by atoms with Gasteiger partial charge in [-0.15, -0.1) is 0 Å². The van der Waals surface area contributed by atoms with Crippen molar-refractivity contribution < 1.29 is 4.79 Å². The third-order valence-corrected chi connectivity index (χ3v) is 7.14. The van der Waals surface area contributed by atoms with Crippen LogP contribution in [0.4, 0.5) is 5.69 Å². The topological polar surface area (TPSA) is 56.9 Å². The van der Waals surface area contributed by atoms with Crippen LogP contribution in [0, 0.1) is 5.92 Å². The number of aromatic nitrogens is 1. The first kappa shape index (κ1) is 19.9. The van der Waals surface area contributed by atoms with Gasteiger partial charge in [0.25, 0.3) is 5.91 Å². The molecule has 3 unspecified atom stereocenters. The summed E-state index contributed by atoms with van der Waals surface area (Å²) < 4.78 is 0. The first-order valence-electron chi connectivity index (χ1n) is 11.7. The van der Waals surface area contributed by atoms with Crippen LogP contribution < -0.4 is 10.6 Å². The monoisotopic (exact) mass is 433 g/mol. The summed E-state index contributed by atoms with van der Waals surface area (Å²) in [6.07, 6.45) is 8.60. The zero-order valence-electron chi connectivity index (χ0n) is 18.4. The largest absolute Gasteiger partial charge is 0.377 e. The molecule has 33 heavy (non-hydrogen) atoms. The van der Waals surface area contributed by atoms with E-state index >= 15 is 0 Å². The molecule has 1 aromatic heterocycles. The molecular weight excluding hydrogens is 406 g/mol. The van der Waals surface area contributed by atoms with Crippen molar-refractivity contribution in [1.82, 2.24) is 10.3 Å². The third-order valence-electron chi connectivity index (χ3n) is 7.14. The molecular formula is C29H27N3O. The molecule has 3 N–H and O–H groups in total. The van der Waals surface area contributed by atoms with E-state index in [0.717, 1.165) is 29.6 Å². The number of carbonyl (C=O) groups excluding carboxylic acids is 1. The molecule has 2 heterocycles. The number of nitrogens with one attached hydrogen (secondary N) is 3. The van der Waals surface area contributed by atoms with E-state index in [1.807, 2.05) is 30.3 Å². The Morgan fingerprint density at radius 2 is 1.79 bits per heavy atom. The van der Waals surface area contributed by atoms with Gasteiger partial charge in [0.1, 0.15) is 0 Å². The van der Waals surface area contributed by atoms with Crippen LogP contribution in [0.1, 0.15) is 45.4 Å². The number of anilines is 1. The Morgan fingerprint density at radius 1 is 0.939 bits per heavy atom. The van der Waals surface area contributed by atoms with E-state index in [1.54, 1.807) is 0 Å². The number of allylic oxidation sites excluding steroid dienone is 2. The highest BCUT2D eigenvalue weighted by Crippen LogP contribution is 2.51. The number of para-hydroxylation sites is 2. The second kappa shape index (κ2) is 8.28. The Labute approximate surface area is 193 Å². The van der Waals surface area contributed by atoms with Gasteiger partial charge >= 0.3 is 0 Å². The van der Waals surface area contributed by atoms with Crippen LogP contribution in [0.25, 0.3) is 10.9 Å². The van der Waals surface area contributed by atoms with Gasteiger partial charge in [0.2, 0.25) is 0 Å². The number of aromatic amines is 1. The van der Waals surface area contributed by atoms with E-state index in [1.165, 1.54) is 22.1 Å². The van der Waals surface area contributed by atoms with Crippen molar-refractivity contribution in [3.63, 3.8) is 0 Å². The number of hydrogen-bond donors (Lipinski definition) is 3. The predicted octanol–water partition coefficient (Wildman–Crippen LogP) is 5.97. The molecule has 3 atom stereocenters. The second-order valence-corrected chi connectivity index (χ2v) is 9.03. The van der Waals surface area contributed by atoms with Gasteiger partial charge in [0.05, 0.1) is 17.3 Å². The highest BCUT2D eigenvalue weighted by Gasteiger charge is 2.40. The maximum absolute atomic E-state index is 13.2. The van der Waals surface area contributed by atoms with E-state index in [-0.39, 0.29) is 11.9 Å². The smallest absolute Gasteiger partial charge is 0.253 e. The molecule has 0 saturated carbocycles. The number of amides is 1. The third kappa shape index (κ3) is 3.52. The lowest BCUT2D eigenvalue weighted by Gasteiger charge is -2.38. The van der Waals surface area contributed by atoms with Crippen LogP contribution in [0.15, 0.2) is 91.1 Å². The van der Waals surface area contributed by atoms with Crippen molar-refractivity contribution in [2.45, 2.75) is 24.8 Å². The minimum absolute atomic E-state index is 0.0200. The second-order valence-electron chi connectivity index (χ2n) is 9.03. The van der Waals surface area contributed by atoms with E-state index in [9.17, 15) is 4.79 Å². The maximum atomic E-state index is 13.2. The summed E-state index contributed by atoms with van der Waals surface area (Å²) >= 11 is 0. The number of benzene rings is 3. The molecule has 4 heteroatoms. The van der Waals surface area contributed by atoms with Crippen LogP contribution in [0.5, 0.6) is 0 Å². The molecule has 2 aliphatic rings. The van der Waals surface area contributed by atoms with E-state index in [4.69, 9.17) is 0 Å². The van der Waals surface area contributed by atoms with Gasteiger partial charge in [0.15, 0.2) is 0 Å². The zero-order valence-corrected chi connectivity index (χ0v) is 18.4. The molecule has 6 rings (SSSR count). The number of fused-ring (bicyclic) bond motifs is 4. The molecule has 0 bridgehead atoms. The van der Waals surface area contributed by atoms with Crippen molar-refractivity contribution in [1.29, 1.82) is 0 Å². The number of H-pyrrole nitrogens is 1. The minimum atomic E-state index is -0.0200. The molecule has 3 aromatic carbocycles. The van der Waals surface area contributed by atoms with E-state index in [0.29, 0.717) is 18.4 Å². The van der Waals surface area contributed by atoms with Gasteiger partial charge in [0, 0.05) is 29.6 Å². The first-order valence-corrected chi connectivity index (χ1v) is 11.7. The fourth-order valence-electron chi connectivity index (χ4n) is 5.53.